The largest absolute Gasteiger partial charge is 0.322 e. The molecule has 0 aliphatic carbocycles. The molecule has 2 aromatic heterocycles. The standard InChI is InChI=1S/C27H30N6OS/c1-19-15-20(2)33-26(28-19)30-27(31-33)35-18-22-10-4-5-12-24(22)25(34)29-23-11-8-9-21(16-23)17-32-13-6-3-7-14-32/h4-5,8-12,15-16H,3,6-7,13-14,17-18H2,1-2H3,(H,29,34). The van der Waals surface area contributed by atoms with Crippen molar-refractivity contribution >= 4 is 29.1 Å². The third-order valence-corrected chi connectivity index (χ3v) is 7.14. The molecule has 3 heterocycles. The second kappa shape index (κ2) is 10.6. The minimum absolute atomic E-state index is 0.104. The number of thioether (sulfide) groups is 1. The molecule has 1 fully saturated rings. The molecule has 7 nitrogen and oxygen atoms in total. The molecule has 8 heteroatoms. The first-order chi connectivity index (χ1) is 17.0. The SMILES string of the molecule is Cc1cc(C)n2nc(SCc3ccccc3C(=O)Nc3cccc(CN4CCCCC4)c3)nc2n1. The Morgan fingerprint density at radius 2 is 1.83 bits per heavy atom. The van der Waals surface area contributed by atoms with Gasteiger partial charge in [-0.15, -0.1) is 5.10 Å². The topological polar surface area (TPSA) is 75.4 Å². The zero-order valence-electron chi connectivity index (χ0n) is 20.2. The number of rotatable bonds is 7. The van der Waals surface area contributed by atoms with Crippen LogP contribution in [0.15, 0.2) is 59.8 Å². The van der Waals surface area contributed by atoms with Crippen LogP contribution in [0.1, 0.15) is 52.1 Å². The van der Waals surface area contributed by atoms with Gasteiger partial charge in [0.05, 0.1) is 0 Å². The van der Waals surface area contributed by atoms with Gasteiger partial charge in [-0.3, -0.25) is 9.69 Å². The number of aryl methyl sites for hydroxylation is 2. The summed E-state index contributed by atoms with van der Waals surface area (Å²) in [6, 6.07) is 17.9. The fraction of sp³-hybridized carbons (Fsp3) is 0.333. The summed E-state index contributed by atoms with van der Waals surface area (Å²) in [5, 5.41) is 8.31. The first-order valence-electron chi connectivity index (χ1n) is 12.1. The van der Waals surface area contributed by atoms with Crippen molar-refractivity contribution in [3.8, 4) is 0 Å². The predicted molar refractivity (Wildman–Crippen MR) is 140 cm³/mol. The fourth-order valence-electron chi connectivity index (χ4n) is 4.54. The lowest BCUT2D eigenvalue weighted by Gasteiger charge is -2.26. The van der Waals surface area contributed by atoms with E-state index in [9.17, 15) is 4.79 Å². The highest BCUT2D eigenvalue weighted by Crippen LogP contribution is 2.24. The van der Waals surface area contributed by atoms with Crippen LogP contribution in [-0.4, -0.2) is 43.5 Å². The summed E-state index contributed by atoms with van der Waals surface area (Å²) in [5.74, 6) is 1.08. The second-order valence-electron chi connectivity index (χ2n) is 9.08. The van der Waals surface area contributed by atoms with E-state index >= 15 is 0 Å². The molecule has 2 aromatic carbocycles. The highest BCUT2D eigenvalue weighted by Gasteiger charge is 2.15. The summed E-state index contributed by atoms with van der Waals surface area (Å²) in [6.45, 7) is 7.17. The van der Waals surface area contributed by atoms with Crippen LogP contribution in [0.3, 0.4) is 0 Å². The Balaban J connectivity index is 1.27. The number of nitrogens with one attached hydrogen (secondary N) is 1. The average Bonchev–Trinajstić information content (AvgIpc) is 3.27. The van der Waals surface area contributed by atoms with Gasteiger partial charge in [0.2, 0.25) is 5.16 Å². The molecule has 1 amide bonds. The molecule has 35 heavy (non-hydrogen) atoms. The Kier molecular flexibility index (Phi) is 7.11. The number of fused-ring (bicyclic) bond motifs is 1. The molecule has 4 aromatic rings. The maximum atomic E-state index is 13.2. The molecule has 1 aliphatic heterocycles. The Labute approximate surface area is 210 Å². The van der Waals surface area contributed by atoms with Gasteiger partial charge in [0.1, 0.15) is 0 Å². The van der Waals surface area contributed by atoms with E-state index in [-0.39, 0.29) is 5.91 Å². The minimum Gasteiger partial charge on any atom is -0.322 e. The van der Waals surface area contributed by atoms with Crippen LogP contribution in [0.5, 0.6) is 0 Å². The van der Waals surface area contributed by atoms with Gasteiger partial charge in [-0.1, -0.05) is 48.5 Å². The number of amides is 1. The highest BCUT2D eigenvalue weighted by atomic mass is 32.2. The Morgan fingerprint density at radius 1 is 1.00 bits per heavy atom. The van der Waals surface area contributed by atoms with Crippen molar-refractivity contribution in [2.45, 2.75) is 50.6 Å². The summed E-state index contributed by atoms with van der Waals surface area (Å²) >= 11 is 1.50. The van der Waals surface area contributed by atoms with E-state index in [0.29, 0.717) is 22.3 Å². The average molecular weight is 487 g/mol. The number of carbonyl (C=O) groups is 1. The quantitative estimate of drug-likeness (QED) is 0.359. The van der Waals surface area contributed by atoms with Crippen molar-refractivity contribution in [2.75, 3.05) is 18.4 Å². The monoisotopic (exact) mass is 486 g/mol. The van der Waals surface area contributed by atoms with Gasteiger partial charge in [0.15, 0.2) is 0 Å². The van der Waals surface area contributed by atoms with E-state index in [2.05, 4.69) is 37.4 Å². The van der Waals surface area contributed by atoms with E-state index in [1.165, 1.54) is 36.6 Å². The van der Waals surface area contributed by atoms with Crippen molar-refractivity contribution in [1.82, 2.24) is 24.5 Å². The predicted octanol–water partition coefficient (Wildman–Crippen LogP) is 5.27. The third kappa shape index (κ3) is 5.71. The Bertz CT molecular complexity index is 1340. The second-order valence-corrected chi connectivity index (χ2v) is 10.0. The summed E-state index contributed by atoms with van der Waals surface area (Å²) in [7, 11) is 0. The zero-order valence-corrected chi connectivity index (χ0v) is 21.0. The maximum absolute atomic E-state index is 13.2. The number of piperidine rings is 1. The van der Waals surface area contributed by atoms with E-state index in [1.807, 2.05) is 56.3 Å². The third-order valence-electron chi connectivity index (χ3n) is 6.26. The van der Waals surface area contributed by atoms with E-state index in [4.69, 9.17) is 0 Å². The Morgan fingerprint density at radius 3 is 2.69 bits per heavy atom. The van der Waals surface area contributed by atoms with Crippen molar-refractivity contribution in [3.05, 3.63) is 82.7 Å². The number of hydrogen-bond donors (Lipinski definition) is 1. The molecule has 0 saturated carbocycles. The molecular formula is C27H30N6OS. The lowest BCUT2D eigenvalue weighted by atomic mass is 10.1. The van der Waals surface area contributed by atoms with Gasteiger partial charge in [-0.2, -0.15) is 4.98 Å². The number of nitrogens with zero attached hydrogens (tertiary/aromatic N) is 5. The van der Waals surface area contributed by atoms with Crippen LogP contribution in [0.25, 0.3) is 5.78 Å². The van der Waals surface area contributed by atoms with Crippen LogP contribution in [0, 0.1) is 13.8 Å². The molecule has 1 N–H and O–H groups in total. The van der Waals surface area contributed by atoms with Crippen LogP contribution >= 0.6 is 11.8 Å². The minimum atomic E-state index is -0.104. The number of anilines is 1. The highest BCUT2D eigenvalue weighted by molar-refractivity contribution is 7.98. The molecule has 0 spiro atoms. The van der Waals surface area contributed by atoms with Gasteiger partial charge in [0.25, 0.3) is 11.7 Å². The van der Waals surface area contributed by atoms with Crippen LogP contribution < -0.4 is 5.32 Å². The van der Waals surface area contributed by atoms with Crippen molar-refractivity contribution in [1.29, 1.82) is 0 Å². The van der Waals surface area contributed by atoms with E-state index in [1.54, 1.807) is 4.52 Å². The van der Waals surface area contributed by atoms with Crippen molar-refractivity contribution < 1.29 is 4.79 Å². The number of aromatic nitrogens is 4. The lowest BCUT2D eigenvalue weighted by molar-refractivity contribution is 0.102. The molecule has 0 bridgehead atoms. The number of hydrogen-bond acceptors (Lipinski definition) is 6. The van der Waals surface area contributed by atoms with Crippen LogP contribution in [-0.2, 0) is 12.3 Å². The van der Waals surface area contributed by atoms with Gasteiger partial charge in [-0.25, -0.2) is 9.50 Å². The number of likely N-dealkylation sites (tertiary alicyclic amines) is 1. The van der Waals surface area contributed by atoms with Gasteiger partial charge in [-0.05, 0) is 75.2 Å². The van der Waals surface area contributed by atoms with Crippen LogP contribution in [0.4, 0.5) is 5.69 Å². The Hall–Kier alpha value is -3.23. The molecule has 0 unspecified atom stereocenters. The smallest absolute Gasteiger partial charge is 0.255 e. The maximum Gasteiger partial charge on any atom is 0.255 e. The zero-order chi connectivity index (χ0) is 24.2. The first kappa shape index (κ1) is 23.5. The van der Waals surface area contributed by atoms with Crippen molar-refractivity contribution in [3.63, 3.8) is 0 Å². The van der Waals surface area contributed by atoms with E-state index in [0.717, 1.165) is 42.3 Å². The summed E-state index contributed by atoms with van der Waals surface area (Å²) in [5.41, 5.74) is 5.57. The van der Waals surface area contributed by atoms with E-state index < -0.39 is 0 Å². The van der Waals surface area contributed by atoms with Crippen molar-refractivity contribution in [2.24, 2.45) is 0 Å². The fourth-order valence-corrected chi connectivity index (χ4v) is 5.36. The van der Waals surface area contributed by atoms with Gasteiger partial charge in [0, 0.05) is 34.9 Å². The molecule has 1 aliphatic rings. The summed E-state index contributed by atoms with van der Waals surface area (Å²) < 4.78 is 1.75. The summed E-state index contributed by atoms with van der Waals surface area (Å²) in [6.07, 6.45) is 3.87. The summed E-state index contributed by atoms with van der Waals surface area (Å²) in [4.78, 5) is 24.7. The molecule has 1 saturated heterocycles. The molecule has 180 valence electrons. The first-order valence-corrected chi connectivity index (χ1v) is 13.1. The lowest BCUT2D eigenvalue weighted by Crippen LogP contribution is -2.29. The van der Waals surface area contributed by atoms with Gasteiger partial charge < -0.3 is 5.32 Å². The molecule has 0 radical (unpaired) electrons. The van der Waals surface area contributed by atoms with Crippen LogP contribution in [0.2, 0.25) is 0 Å². The molecule has 5 rings (SSSR count). The number of benzene rings is 2. The normalized spacial score (nSPS) is 14.3. The number of carbonyl (C=O) groups excluding carboxylic acids is 1. The van der Waals surface area contributed by atoms with Gasteiger partial charge >= 0.3 is 0 Å². The molecule has 0 atom stereocenters. The molecular weight excluding hydrogens is 456 g/mol.